The van der Waals surface area contributed by atoms with Crippen LogP contribution in [-0.2, 0) is 9.59 Å². The van der Waals surface area contributed by atoms with Gasteiger partial charge in [-0.3, -0.25) is 9.59 Å². The molecular formula is C19H20Cl2N2O3. The van der Waals surface area contributed by atoms with Crippen molar-refractivity contribution in [3.05, 3.63) is 52.0 Å². The SMILES string of the molecule is COc1cc(Cl)c(C)cc1NC(=O)CCN(C(C)=O)c1ccc(Cl)cc1. The van der Waals surface area contributed by atoms with E-state index in [0.717, 1.165) is 5.56 Å². The summed E-state index contributed by atoms with van der Waals surface area (Å²) < 4.78 is 5.25. The molecule has 0 aromatic heterocycles. The zero-order chi connectivity index (χ0) is 19.3. The number of carbonyl (C=O) groups is 2. The Morgan fingerprint density at radius 1 is 1.15 bits per heavy atom. The number of methoxy groups -OCH3 is 1. The predicted octanol–water partition coefficient (Wildman–Crippen LogP) is 4.69. The fraction of sp³-hybridized carbons (Fsp3) is 0.263. The van der Waals surface area contributed by atoms with E-state index >= 15 is 0 Å². The Labute approximate surface area is 162 Å². The van der Waals surface area contributed by atoms with E-state index in [0.29, 0.717) is 27.2 Å². The first kappa shape index (κ1) is 20.1. The summed E-state index contributed by atoms with van der Waals surface area (Å²) in [7, 11) is 1.51. The largest absolute Gasteiger partial charge is 0.495 e. The minimum Gasteiger partial charge on any atom is -0.495 e. The molecule has 1 N–H and O–H groups in total. The zero-order valence-corrected chi connectivity index (χ0v) is 16.3. The monoisotopic (exact) mass is 394 g/mol. The third kappa shape index (κ3) is 5.13. The minimum atomic E-state index is -0.231. The third-order valence-corrected chi connectivity index (χ3v) is 4.49. The van der Waals surface area contributed by atoms with Gasteiger partial charge < -0.3 is 15.0 Å². The van der Waals surface area contributed by atoms with Gasteiger partial charge in [-0.05, 0) is 42.8 Å². The zero-order valence-electron chi connectivity index (χ0n) is 14.8. The quantitative estimate of drug-likeness (QED) is 0.772. The highest BCUT2D eigenvalue weighted by atomic mass is 35.5. The fourth-order valence-corrected chi connectivity index (χ4v) is 2.72. The molecule has 0 aliphatic heterocycles. The van der Waals surface area contributed by atoms with E-state index in [-0.39, 0.29) is 24.8 Å². The van der Waals surface area contributed by atoms with Gasteiger partial charge in [-0.25, -0.2) is 0 Å². The highest BCUT2D eigenvalue weighted by Gasteiger charge is 2.15. The minimum absolute atomic E-state index is 0.132. The molecule has 0 aliphatic rings. The van der Waals surface area contributed by atoms with Crippen molar-refractivity contribution in [2.45, 2.75) is 20.3 Å². The average molecular weight is 395 g/mol. The van der Waals surface area contributed by atoms with E-state index in [1.807, 2.05) is 6.92 Å². The number of nitrogens with zero attached hydrogens (tertiary/aromatic N) is 1. The maximum absolute atomic E-state index is 12.3. The summed E-state index contributed by atoms with van der Waals surface area (Å²) in [6, 6.07) is 10.3. The molecule has 5 nitrogen and oxygen atoms in total. The number of rotatable bonds is 6. The van der Waals surface area contributed by atoms with Gasteiger partial charge in [-0.2, -0.15) is 0 Å². The Morgan fingerprint density at radius 2 is 1.81 bits per heavy atom. The van der Waals surface area contributed by atoms with Crippen LogP contribution in [0.4, 0.5) is 11.4 Å². The second-order valence-corrected chi connectivity index (χ2v) is 6.59. The van der Waals surface area contributed by atoms with Crippen LogP contribution in [0.25, 0.3) is 0 Å². The molecule has 0 aliphatic carbocycles. The molecule has 2 aromatic carbocycles. The highest BCUT2D eigenvalue weighted by Crippen LogP contribution is 2.31. The molecule has 0 unspecified atom stereocenters. The molecule has 26 heavy (non-hydrogen) atoms. The van der Waals surface area contributed by atoms with E-state index in [4.69, 9.17) is 27.9 Å². The number of hydrogen-bond donors (Lipinski definition) is 1. The number of halogens is 2. The number of hydrogen-bond acceptors (Lipinski definition) is 3. The van der Waals surface area contributed by atoms with Gasteiger partial charge >= 0.3 is 0 Å². The Bertz CT molecular complexity index is 807. The van der Waals surface area contributed by atoms with E-state index in [2.05, 4.69) is 5.32 Å². The average Bonchev–Trinajstić information content (AvgIpc) is 2.59. The molecule has 138 valence electrons. The summed E-state index contributed by atoms with van der Waals surface area (Å²) in [5.74, 6) is 0.0975. The van der Waals surface area contributed by atoms with Crippen molar-refractivity contribution < 1.29 is 14.3 Å². The van der Waals surface area contributed by atoms with Crippen molar-refractivity contribution in [3.63, 3.8) is 0 Å². The second-order valence-electron chi connectivity index (χ2n) is 5.75. The number of nitrogens with one attached hydrogen (secondary N) is 1. The van der Waals surface area contributed by atoms with Crippen molar-refractivity contribution in [1.82, 2.24) is 0 Å². The molecule has 2 rings (SSSR count). The van der Waals surface area contributed by atoms with E-state index in [1.54, 1.807) is 36.4 Å². The van der Waals surface area contributed by atoms with Crippen LogP contribution < -0.4 is 15.0 Å². The van der Waals surface area contributed by atoms with Crippen molar-refractivity contribution >= 4 is 46.4 Å². The van der Waals surface area contributed by atoms with E-state index in [9.17, 15) is 9.59 Å². The van der Waals surface area contributed by atoms with Gasteiger partial charge in [-0.15, -0.1) is 0 Å². The van der Waals surface area contributed by atoms with Crippen LogP contribution in [0.15, 0.2) is 36.4 Å². The molecule has 0 fully saturated rings. The molecule has 0 heterocycles. The topological polar surface area (TPSA) is 58.6 Å². The summed E-state index contributed by atoms with van der Waals surface area (Å²) in [5.41, 5.74) is 2.06. The van der Waals surface area contributed by atoms with E-state index in [1.165, 1.54) is 18.9 Å². The van der Waals surface area contributed by atoms with Gasteiger partial charge in [0, 0.05) is 41.7 Å². The van der Waals surface area contributed by atoms with Crippen LogP contribution in [0.1, 0.15) is 18.9 Å². The summed E-state index contributed by atoms with van der Waals surface area (Å²) >= 11 is 11.9. The lowest BCUT2D eigenvalue weighted by Crippen LogP contribution is -2.31. The van der Waals surface area contributed by atoms with Crippen LogP contribution in [0.5, 0.6) is 5.75 Å². The fourth-order valence-electron chi connectivity index (χ4n) is 2.45. The molecule has 2 amide bonds. The van der Waals surface area contributed by atoms with Crippen LogP contribution >= 0.6 is 23.2 Å². The lowest BCUT2D eigenvalue weighted by Gasteiger charge is -2.21. The first-order chi connectivity index (χ1) is 12.3. The summed E-state index contributed by atoms with van der Waals surface area (Å²) in [4.78, 5) is 25.8. The summed E-state index contributed by atoms with van der Waals surface area (Å²) in [6.45, 7) is 3.55. The van der Waals surface area contributed by atoms with Gasteiger partial charge in [-0.1, -0.05) is 23.2 Å². The van der Waals surface area contributed by atoms with Crippen molar-refractivity contribution in [2.24, 2.45) is 0 Å². The Kier molecular flexibility index (Phi) is 6.89. The number of amides is 2. The normalized spacial score (nSPS) is 10.3. The number of anilines is 2. The molecule has 7 heteroatoms. The second kappa shape index (κ2) is 8.92. The van der Waals surface area contributed by atoms with Crippen LogP contribution in [0.3, 0.4) is 0 Å². The van der Waals surface area contributed by atoms with Crippen LogP contribution in [0.2, 0.25) is 10.0 Å². The Morgan fingerprint density at radius 3 is 2.38 bits per heavy atom. The van der Waals surface area contributed by atoms with Crippen molar-refractivity contribution in [2.75, 3.05) is 23.9 Å². The van der Waals surface area contributed by atoms with Crippen LogP contribution in [-0.4, -0.2) is 25.5 Å². The predicted molar refractivity (Wildman–Crippen MR) is 105 cm³/mol. The smallest absolute Gasteiger partial charge is 0.226 e. The highest BCUT2D eigenvalue weighted by molar-refractivity contribution is 6.31. The molecule has 2 aromatic rings. The van der Waals surface area contributed by atoms with Gasteiger partial charge in [0.1, 0.15) is 5.75 Å². The Hall–Kier alpha value is -2.24. The number of benzene rings is 2. The molecule has 0 bridgehead atoms. The first-order valence-electron chi connectivity index (χ1n) is 7.99. The molecule has 0 saturated carbocycles. The molecule has 0 radical (unpaired) electrons. The van der Waals surface area contributed by atoms with Gasteiger partial charge in [0.25, 0.3) is 0 Å². The summed E-state index contributed by atoms with van der Waals surface area (Å²) in [6.07, 6.45) is 0.132. The lowest BCUT2D eigenvalue weighted by atomic mass is 10.2. The Balaban J connectivity index is 2.06. The maximum Gasteiger partial charge on any atom is 0.226 e. The standard InChI is InChI=1S/C19H20Cl2N2O3/c1-12-10-17(18(26-3)11-16(12)21)22-19(25)8-9-23(13(2)24)15-6-4-14(20)5-7-15/h4-7,10-11H,8-9H2,1-3H3,(H,22,25). The van der Waals surface area contributed by atoms with E-state index < -0.39 is 0 Å². The first-order valence-corrected chi connectivity index (χ1v) is 8.75. The molecule has 0 spiro atoms. The van der Waals surface area contributed by atoms with Gasteiger partial charge in [0.2, 0.25) is 11.8 Å². The number of carbonyl (C=O) groups excluding carboxylic acids is 2. The molecule has 0 saturated heterocycles. The van der Waals surface area contributed by atoms with Crippen LogP contribution in [0, 0.1) is 6.92 Å². The molecular weight excluding hydrogens is 375 g/mol. The number of ether oxygens (including phenoxy) is 1. The maximum atomic E-state index is 12.3. The molecule has 0 atom stereocenters. The third-order valence-electron chi connectivity index (χ3n) is 3.84. The van der Waals surface area contributed by atoms with Gasteiger partial charge in [0.05, 0.1) is 12.8 Å². The number of aryl methyl sites for hydroxylation is 1. The summed E-state index contributed by atoms with van der Waals surface area (Å²) in [5, 5.41) is 3.95. The van der Waals surface area contributed by atoms with Crippen molar-refractivity contribution in [1.29, 1.82) is 0 Å². The van der Waals surface area contributed by atoms with Crippen molar-refractivity contribution in [3.8, 4) is 5.75 Å². The van der Waals surface area contributed by atoms with Gasteiger partial charge in [0.15, 0.2) is 0 Å². The lowest BCUT2D eigenvalue weighted by molar-refractivity contribution is -0.117.